The van der Waals surface area contributed by atoms with Crippen LogP contribution >= 0.6 is 0 Å². The molecule has 37 heavy (non-hydrogen) atoms. The van der Waals surface area contributed by atoms with Crippen LogP contribution in [0.5, 0.6) is 0 Å². The molecule has 4 rings (SSSR count). The van der Waals surface area contributed by atoms with Gasteiger partial charge in [-0.1, -0.05) is 42.5 Å². The van der Waals surface area contributed by atoms with Crippen LogP contribution in [0.1, 0.15) is 47.3 Å². The zero-order valence-electron chi connectivity index (χ0n) is 20.7. The van der Waals surface area contributed by atoms with E-state index in [0.29, 0.717) is 25.1 Å². The topological polar surface area (TPSA) is 119 Å². The normalized spacial score (nSPS) is 14.2. The first-order valence-electron chi connectivity index (χ1n) is 12.3. The second-order valence-electron chi connectivity index (χ2n) is 9.02. The van der Waals surface area contributed by atoms with Gasteiger partial charge < -0.3 is 16.0 Å². The molecule has 1 saturated heterocycles. The summed E-state index contributed by atoms with van der Waals surface area (Å²) in [5.41, 5.74) is 6.04. The molecule has 1 aliphatic rings. The van der Waals surface area contributed by atoms with Crippen LogP contribution in [0.2, 0.25) is 0 Å². The summed E-state index contributed by atoms with van der Waals surface area (Å²) in [6.07, 6.45) is 1.30. The summed E-state index contributed by atoms with van der Waals surface area (Å²) in [6, 6.07) is 14.6. The predicted octanol–water partition coefficient (Wildman–Crippen LogP) is 1.94. The van der Waals surface area contributed by atoms with E-state index in [2.05, 4.69) is 5.32 Å². The summed E-state index contributed by atoms with van der Waals surface area (Å²) in [6.45, 7) is 2.47. The monoisotopic (exact) mass is 507 g/mol. The Balaban J connectivity index is 1.62. The van der Waals surface area contributed by atoms with E-state index in [9.17, 15) is 23.6 Å². The molecule has 0 spiro atoms. The number of hydrogen-bond donors (Lipinski definition) is 2. The number of halogens is 1. The van der Waals surface area contributed by atoms with Crippen molar-refractivity contribution in [1.82, 2.24) is 19.4 Å². The van der Waals surface area contributed by atoms with E-state index in [1.807, 2.05) is 30.3 Å². The molecule has 10 heteroatoms. The van der Waals surface area contributed by atoms with Crippen LogP contribution in [-0.2, 0) is 17.9 Å². The fraction of sp³-hybridized carbons (Fsp3) is 0.333. The van der Waals surface area contributed by atoms with Gasteiger partial charge in [0.2, 0.25) is 5.91 Å². The molecule has 0 bridgehead atoms. The lowest BCUT2D eigenvalue weighted by Crippen LogP contribution is -2.45. The van der Waals surface area contributed by atoms with Gasteiger partial charge in [-0.2, -0.15) is 0 Å². The van der Waals surface area contributed by atoms with Crippen molar-refractivity contribution >= 4 is 17.5 Å². The third kappa shape index (κ3) is 5.69. The maximum atomic E-state index is 13.4. The van der Waals surface area contributed by atoms with Crippen molar-refractivity contribution in [3.05, 3.63) is 97.9 Å². The Morgan fingerprint density at radius 1 is 1.05 bits per heavy atom. The van der Waals surface area contributed by atoms with Gasteiger partial charge in [-0.15, -0.1) is 0 Å². The quantitative estimate of drug-likeness (QED) is 0.405. The van der Waals surface area contributed by atoms with Gasteiger partial charge in [0.25, 0.3) is 5.56 Å². The van der Waals surface area contributed by atoms with Crippen molar-refractivity contribution in [2.24, 2.45) is 0 Å². The number of aromatic nitrogens is 2. The molecular weight excluding hydrogens is 477 g/mol. The zero-order chi connectivity index (χ0) is 26.5. The lowest BCUT2D eigenvalue weighted by molar-refractivity contribution is -0.128. The minimum Gasteiger partial charge on any atom is -0.384 e. The molecule has 9 nitrogen and oxygen atoms in total. The fourth-order valence-electron chi connectivity index (χ4n) is 4.58. The molecule has 0 saturated carbocycles. The van der Waals surface area contributed by atoms with Gasteiger partial charge in [0.1, 0.15) is 17.2 Å². The molecule has 1 aliphatic heterocycles. The standard InChI is InChI=1S/C27H30FN5O4/c1-2-32-26(36)24(25(29)33(27(32)37)16-18-10-12-20(28)13-11-18)22(34)15-30-21(19-7-4-3-5-8-19)17-31-14-6-9-23(31)35/h3-5,7-8,10-13,21,30H,2,6,9,14-17,29H2,1H3. The summed E-state index contributed by atoms with van der Waals surface area (Å²) in [7, 11) is 0. The number of nitrogen functional groups attached to an aromatic ring is 1. The highest BCUT2D eigenvalue weighted by atomic mass is 19.1. The number of Topliss-reactive ketones (excluding diaryl/α,β-unsaturated/α-hetero) is 1. The number of nitrogens with zero attached hydrogens (tertiary/aromatic N) is 3. The van der Waals surface area contributed by atoms with E-state index < -0.39 is 22.8 Å². The van der Waals surface area contributed by atoms with E-state index in [0.717, 1.165) is 21.1 Å². The largest absolute Gasteiger partial charge is 0.384 e. The van der Waals surface area contributed by atoms with Gasteiger partial charge in [0.15, 0.2) is 5.78 Å². The summed E-state index contributed by atoms with van der Waals surface area (Å²) in [4.78, 5) is 53.4. The maximum absolute atomic E-state index is 13.4. The Morgan fingerprint density at radius 3 is 2.38 bits per heavy atom. The third-order valence-corrected chi connectivity index (χ3v) is 6.60. The Hall–Kier alpha value is -4.05. The minimum absolute atomic E-state index is 0.0252. The third-order valence-electron chi connectivity index (χ3n) is 6.60. The van der Waals surface area contributed by atoms with E-state index in [1.54, 1.807) is 11.8 Å². The number of rotatable bonds is 10. The predicted molar refractivity (Wildman–Crippen MR) is 138 cm³/mol. The van der Waals surface area contributed by atoms with Crippen LogP contribution < -0.4 is 22.3 Å². The second-order valence-corrected chi connectivity index (χ2v) is 9.02. The summed E-state index contributed by atoms with van der Waals surface area (Å²) >= 11 is 0. The zero-order valence-corrected chi connectivity index (χ0v) is 20.7. The highest BCUT2D eigenvalue weighted by Gasteiger charge is 2.26. The SMILES string of the molecule is CCn1c(=O)c(C(=O)CNC(CN2CCCC2=O)c2ccccc2)c(N)n(Cc2ccc(F)cc2)c1=O. The Morgan fingerprint density at radius 2 is 1.76 bits per heavy atom. The number of carbonyl (C=O) groups excluding carboxylic acids is 2. The Kier molecular flexibility index (Phi) is 7.98. The molecule has 1 fully saturated rings. The Bertz CT molecular complexity index is 1400. The van der Waals surface area contributed by atoms with Crippen LogP contribution in [0.4, 0.5) is 10.2 Å². The first-order chi connectivity index (χ1) is 17.8. The van der Waals surface area contributed by atoms with Gasteiger partial charge in [0.05, 0.1) is 19.1 Å². The summed E-state index contributed by atoms with van der Waals surface area (Å²) in [5, 5.41) is 3.19. The van der Waals surface area contributed by atoms with Gasteiger partial charge in [-0.25, -0.2) is 9.18 Å². The molecule has 1 atom stereocenters. The molecule has 3 N–H and O–H groups in total. The minimum atomic E-state index is -0.752. The highest BCUT2D eigenvalue weighted by molar-refractivity contribution is 6.01. The van der Waals surface area contributed by atoms with E-state index in [1.165, 1.54) is 24.3 Å². The van der Waals surface area contributed by atoms with Crippen molar-refractivity contribution < 1.29 is 14.0 Å². The number of amides is 1. The molecule has 194 valence electrons. The van der Waals surface area contributed by atoms with Gasteiger partial charge in [-0.3, -0.25) is 23.5 Å². The average Bonchev–Trinajstić information content (AvgIpc) is 3.30. The molecule has 2 heterocycles. The lowest BCUT2D eigenvalue weighted by atomic mass is 10.1. The molecule has 3 aromatic rings. The smallest absolute Gasteiger partial charge is 0.332 e. The van der Waals surface area contributed by atoms with Crippen LogP contribution in [0.15, 0.2) is 64.2 Å². The number of nitrogens with two attached hydrogens (primary N) is 1. The molecule has 1 unspecified atom stereocenters. The first-order valence-corrected chi connectivity index (χ1v) is 12.3. The van der Waals surface area contributed by atoms with E-state index in [4.69, 9.17) is 5.73 Å². The number of hydrogen-bond acceptors (Lipinski definition) is 6. The first kappa shape index (κ1) is 26.0. The lowest BCUT2D eigenvalue weighted by Gasteiger charge is -2.25. The van der Waals surface area contributed by atoms with Crippen molar-refractivity contribution in [3.8, 4) is 0 Å². The molecule has 1 amide bonds. The Labute approximate surface area is 213 Å². The van der Waals surface area contributed by atoms with Crippen LogP contribution in [0.25, 0.3) is 0 Å². The van der Waals surface area contributed by atoms with Crippen molar-refractivity contribution in [2.75, 3.05) is 25.4 Å². The molecular formula is C27H30FN5O4. The number of anilines is 1. The molecule has 2 aromatic carbocycles. The molecule has 1 aromatic heterocycles. The van der Waals surface area contributed by atoms with Crippen molar-refractivity contribution in [3.63, 3.8) is 0 Å². The number of carbonyl (C=O) groups is 2. The van der Waals surface area contributed by atoms with Crippen LogP contribution in [0.3, 0.4) is 0 Å². The van der Waals surface area contributed by atoms with E-state index >= 15 is 0 Å². The van der Waals surface area contributed by atoms with Crippen molar-refractivity contribution in [1.29, 1.82) is 0 Å². The van der Waals surface area contributed by atoms with Gasteiger partial charge >= 0.3 is 5.69 Å². The van der Waals surface area contributed by atoms with Crippen LogP contribution in [0, 0.1) is 5.82 Å². The fourth-order valence-corrected chi connectivity index (χ4v) is 4.58. The van der Waals surface area contributed by atoms with E-state index in [-0.39, 0.29) is 43.0 Å². The average molecular weight is 508 g/mol. The number of nitrogens with one attached hydrogen (secondary N) is 1. The molecule has 0 radical (unpaired) electrons. The van der Waals surface area contributed by atoms with Gasteiger partial charge in [-0.05, 0) is 36.6 Å². The summed E-state index contributed by atoms with van der Waals surface area (Å²) < 4.78 is 15.5. The van der Waals surface area contributed by atoms with Crippen LogP contribution in [-0.4, -0.2) is 45.4 Å². The van der Waals surface area contributed by atoms with Gasteiger partial charge in [0, 0.05) is 26.1 Å². The van der Waals surface area contributed by atoms with Crippen molar-refractivity contribution in [2.45, 2.75) is 38.9 Å². The highest BCUT2D eigenvalue weighted by Crippen LogP contribution is 2.19. The second kappa shape index (κ2) is 11.3. The maximum Gasteiger partial charge on any atom is 0.332 e. The summed E-state index contributed by atoms with van der Waals surface area (Å²) in [5.74, 6) is -1.15. The number of likely N-dealkylation sites (tertiary alicyclic amines) is 1. The number of ketones is 1. The molecule has 0 aliphatic carbocycles. The number of benzene rings is 2.